The first kappa shape index (κ1) is 97.4. The Morgan fingerprint density at radius 1 is 0.491 bits per heavy atom. The number of aromatic hydroxyl groups is 1. The van der Waals surface area contributed by atoms with E-state index in [2.05, 4.69) is 38.3 Å². The van der Waals surface area contributed by atoms with Crippen molar-refractivity contribution < 1.29 is 129 Å². The van der Waals surface area contributed by atoms with Crippen LogP contribution in [0, 0.1) is 0 Å². The molecular formula is C76H117N5O28S. The summed E-state index contributed by atoms with van der Waals surface area (Å²) in [4.78, 5) is 87.7. The number of unbranched alkanes of at least 4 members (excludes halogenated alkanes) is 1. The van der Waals surface area contributed by atoms with Gasteiger partial charge in [0.1, 0.15) is 34.7 Å². The minimum Gasteiger partial charge on any atom is -0.508 e. The molecule has 7 N–H and O–H groups in total. The number of carbonyl (C=O) groups is 6. The molecule has 0 aromatic heterocycles. The lowest BCUT2D eigenvalue weighted by molar-refractivity contribution is -0.128. The topological polar surface area (TPSA) is 414 Å². The third kappa shape index (κ3) is 51.0. The molecule has 0 bridgehead atoms. The number of phenols is 1. The molecule has 2 aromatic rings. The standard InChI is InChI=1S/C41H77NO18S.C35H40N4O10/c1-40(43)4-8-46-12-16-50-20-24-54-28-32-58-36-35-57-31-27-53-23-19-49-15-11-45-7-2-3-41(44)5-9-47-13-17-51-21-25-55-29-33-59-37-38-60-34-30-56-26-22-52-18-14-48-10-6-42-39-61;1-37-12-3-2-4-28(33(36)43)39-31(42)11-14-47-16-17-48-15-13-38-34(44)21-5-8-24(27(18-21)35(45)46)32-25-9-6-22(40)19-29(25)49-30-20-23(41)7-10-26(30)32/h2-38H2,1H3;5-10,18-20,28,37,40H,2-4,11-17H2,1H3,(H2,36,43)(H,38,44)(H,39,42)(H,45,46). The summed E-state index contributed by atoms with van der Waals surface area (Å²) in [5.74, 6) is -2.26. The van der Waals surface area contributed by atoms with Crippen molar-refractivity contribution in [3.63, 3.8) is 0 Å². The van der Waals surface area contributed by atoms with E-state index >= 15 is 0 Å². The largest absolute Gasteiger partial charge is 0.508 e. The fourth-order valence-corrected chi connectivity index (χ4v) is 9.69. The number of isothiocyanates is 1. The summed E-state index contributed by atoms with van der Waals surface area (Å²) in [6.07, 6.45) is 4.08. The second kappa shape index (κ2) is 67.8. The van der Waals surface area contributed by atoms with Crippen molar-refractivity contribution in [2.24, 2.45) is 10.7 Å². The molecule has 1 unspecified atom stereocenters. The van der Waals surface area contributed by atoms with Gasteiger partial charge in [0.05, 0.1) is 249 Å². The number of ketones is 2. The first-order valence-corrected chi connectivity index (χ1v) is 37.7. The van der Waals surface area contributed by atoms with E-state index in [4.69, 9.17) is 95.4 Å². The van der Waals surface area contributed by atoms with Crippen LogP contribution in [0.1, 0.15) is 79.0 Å². The summed E-state index contributed by atoms with van der Waals surface area (Å²) in [6.45, 7) is 19.0. The first-order chi connectivity index (χ1) is 53.7. The van der Waals surface area contributed by atoms with Crippen LogP contribution in [0.15, 0.2) is 68.8 Å². The Kier molecular flexibility index (Phi) is 60.1. The Balaban J connectivity index is 0.000000582. The lowest BCUT2D eigenvalue weighted by atomic mass is 9.90. The SMILES string of the molecule is CC(=O)CCOCCOCCOCCOCCOCCOCCOCCOCCCC(=O)CCOCCOCCOCCOCCOCCOCCOCCOCCN=C=S.CNCCCCC(NC(=O)CCOCCOCCNC(=O)c1ccc(-c2c3ccc(=O)cc-3oc3cc(O)ccc23)c(C(=O)O)c1)C(N)=O. The van der Waals surface area contributed by atoms with Gasteiger partial charge in [-0.2, -0.15) is 0 Å². The van der Waals surface area contributed by atoms with E-state index in [1.807, 2.05) is 7.05 Å². The fraction of sp³-hybridized carbons (Fsp3) is 0.658. The predicted octanol–water partition coefficient (Wildman–Crippen LogP) is 4.55. The number of nitrogens with zero attached hydrogens (tertiary/aromatic N) is 1. The number of hydrogen-bond acceptors (Lipinski definition) is 30. The first-order valence-electron chi connectivity index (χ1n) is 37.3. The number of nitrogens with two attached hydrogens (primary N) is 1. The molecule has 4 rings (SSSR count). The second-order valence-corrected chi connectivity index (χ2v) is 24.0. The maximum absolute atomic E-state index is 12.9. The molecule has 620 valence electrons. The summed E-state index contributed by atoms with van der Waals surface area (Å²) in [6, 6.07) is 12.2. The molecule has 3 amide bonds. The molecule has 0 saturated heterocycles. The van der Waals surface area contributed by atoms with E-state index in [0.29, 0.717) is 272 Å². The average Bonchev–Trinajstić information content (AvgIpc) is 0.749. The summed E-state index contributed by atoms with van der Waals surface area (Å²) in [5, 5.41) is 31.3. The molecule has 33 nitrogen and oxygen atoms in total. The summed E-state index contributed by atoms with van der Waals surface area (Å²) in [5.41, 5.74) is 6.58. The number of benzene rings is 3. The van der Waals surface area contributed by atoms with Crippen LogP contribution >= 0.6 is 12.2 Å². The molecule has 0 spiro atoms. The third-order valence-electron chi connectivity index (χ3n) is 15.2. The van der Waals surface area contributed by atoms with Gasteiger partial charge in [-0.15, -0.1) is 0 Å². The highest BCUT2D eigenvalue weighted by molar-refractivity contribution is 7.78. The smallest absolute Gasteiger partial charge is 0.336 e. The number of thiocarbonyl (C=S) groups is 1. The van der Waals surface area contributed by atoms with Crippen molar-refractivity contribution in [1.82, 2.24) is 16.0 Å². The van der Waals surface area contributed by atoms with Gasteiger partial charge in [-0.05, 0) is 100 Å². The van der Waals surface area contributed by atoms with Crippen LogP contribution in [0.3, 0.4) is 0 Å². The molecule has 2 aliphatic rings. The van der Waals surface area contributed by atoms with E-state index in [9.17, 15) is 43.8 Å². The van der Waals surface area contributed by atoms with Gasteiger partial charge in [0.25, 0.3) is 5.91 Å². The van der Waals surface area contributed by atoms with E-state index in [1.165, 1.54) is 42.5 Å². The van der Waals surface area contributed by atoms with Crippen LogP contribution in [0.5, 0.6) is 5.75 Å². The number of Topliss-reactive ketones (excluding diaryl/α,β-unsaturated/α-hetero) is 2. The molecule has 0 radical (unpaired) electrons. The quantitative estimate of drug-likeness (QED) is 0.0153. The van der Waals surface area contributed by atoms with Crippen molar-refractivity contribution in [1.29, 1.82) is 0 Å². The van der Waals surface area contributed by atoms with Gasteiger partial charge in [0.15, 0.2) is 5.43 Å². The molecule has 0 fully saturated rings. The molecule has 34 heteroatoms. The van der Waals surface area contributed by atoms with Gasteiger partial charge in [-0.1, -0.05) is 6.07 Å². The lowest BCUT2D eigenvalue weighted by Gasteiger charge is -2.17. The summed E-state index contributed by atoms with van der Waals surface area (Å²) in [7, 11) is 1.84. The predicted molar refractivity (Wildman–Crippen MR) is 408 cm³/mol. The lowest BCUT2D eigenvalue weighted by Crippen LogP contribution is -2.44. The van der Waals surface area contributed by atoms with Crippen LogP contribution < -0.4 is 27.1 Å². The average molecular weight is 1580 g/mol. The normalized spacial score (nSPS) is 11.5. The molecular weight excluding hydrogens is 1460 g/mol. The molecule has 0 saturated carbocycles. The van der Waals surface area contributed by atoms with Gasteiger partial charge in [-0.25, -0.2) is 9.79 Å². The number of aromatic carboxylic acids is 1. The number of phenolic OH excluding ortho intramolecular Hbond substituents is 1. The minimum atomic E-state index is -1.26. The number of hydrogen-bond donors (Lipinski definition) is 6. The fourth-order valence-electron chi connectivity index (χ4n) is 9.59. The number of amides is 3. The maximum Gasteiger partial charge on any atom is 0.336 e. The molecule has 1 aliphatic heterocycles. The Morgan fingerprint density at radius 2 is 0.927 bits per heavy atom. The zero-order chi connectivity index (χ0) is 79.4. The zero-order valence-electron chi connectivity index (χ0n) is 63.9. The number of carboxylic acids is 1. The number of rotatable bonds is 74. The monoisotopic (exact) mass is 1580 g/mol. The number of carbonyl (C=O) groups excluding carboxylic acids is 5. The van der Waals surface area contributed by atoms with Crippen molar-refractivity contribution in [2.75, 3.05) is 265 Å². The molecule has 1 aliphatic carbocycles. The molecule has 1 atom stereocenters. The van der Waals surface area contributed by atoms with Crippen molar-refractivity contribution >= 4 is 63.6 Å². The van der Waals surface area contributed by atoms with Crippen LogP contribution in [0.25, 0.3) is 33.4 Å². The summed E-state index contributed by atoms with van der Waals surface area (Å²) >= 11 is 4.48. The molecule has 2 aromatic carbocycles. The summed E-state index contributed by atoms with van der Waals surface area (Å²) < 4.78 is 104. The van der Waals surface area contributed by atoms with Crippen molar-refractivity contribution in [2.45, 2.75) is 64.3 Å². The number of primary amides is 1. The van der Waals surface area contributed by atoms with Gasteiger partial charge >= 0.3 is 5.97 Å². The van der Waals surface area contributed by atoms with Crippen LogP contribution in [0.4, 0.5) is 0 Å². The second-order valence-electron chi connectivity index (χ2n) is 23.8. The zero-order valence-corrected chi connectivity index (χ0v) is 64.8. The highest BCUT2D eigenvalue weighted by atomic mass is 32.1. The number of aliphatic imine (C=N–C) groups is 1. The van der Waals surface area contributed by atoms with Gasteiger partial charge in [-0.3, -0.25) is 28.8 Å². The van der Waals surface area contributed by atoms with Crippen LogP contribution in [-0.2, 0) is 104 Å². The Hall–Kier alpha value is -6.81. The highest BCUT2D eigenvalue weighted by Gasteiger charge is 2.24. The molecule has 1 heterocycles. The Bertz CT molecular complexity index is 3160. The third-order valence-corrected chi connectivity index (χ3v) is 15.3. The molecule has 110 heavy (non-hydrogen) atoms. The Labute approximate surface area is 649 Å². The van der Waals surface area contributed by atoms with E-state index in [0.717, 1.165) is 19.4 Å². The van der Waals surface area contributed by atoms with E-state index in [-0.39, 0.29) is 90.5 Å². The van der Waals surface area contributed by atoms with Gasteiger partial charge in [0, 0.05) is 73.0 Å². The number of ether oxygens (including phenoxy) is 18. The minimum absolute atomic E-state index is 0.0597. The number of fused-ring (bicyclic) bond motifs is 2. The van der Waals surface area contributed by atoms with Gasteiger partial charge < -0.3 is 122 Å². The van der Waals surface area contributed by atoms with Crippen LogP contribution in [0.2, 0.25) is 0 Å². The van der Waals surface area contributed by atoms with Crippen molar-refractivity contribution in [3.8, 4) is 28.2 Å². The van der Waals surface area contributed by atoms with E-state index < -0.39 is 23.8 Å². The van der Waals surface area contributed by atoms with Crippen molar-refractivity contribution in [3.05, 3.63) is 75.9 Å². The van der Waals surface area contributed by atoms with Crippen LogP contribution in [-0.4, -0.2) is 321 Å². The number of nitrogens with one attached hydrogen (secondary N) is 3. The van der Waals surface area contributed by atoms with E-state index in [1.54, 1.807) is 19.1 Å². The Morgan fingerprint density at radius 3 is 1.38 bits per heavy atom. The maximum atomic E-state index is 12.9. The highest BCUT2D eigenvalue weighted by Crippen LogP contribution is 2.42. The van der Waals surface area contributed by atoms with Gasteiger partial charge in [0.2, 0.25) is 11.8 Å². The number of carboxylic acid groups (broad SMARTS) is 1.